The molecule has 1 saturated heterocycles. The van der Waals surface area contributed by atoms with Gasteiger partial charge in [0.15, 0.2) is 7.98 Å². The van der Waals surface area contributed by atoms with Gasteiger partial charge in [-0.15, -0.1) is 0 Å². The number of amides is 1. The molecule has 0 aliphatic carbocycles. The van der Waals surface area contributed by atoms with E-state index >= 15 is 0 Å². The maximum atomic E-state index is 12.1. The zero-order valence-electron chi connectivity index (χ0n) is 12.4. The van der Waals surface area contributed by atoms with Crippen molar-refractivity contribution < 1.29 is 14.6 Å². The van der Waals surface area contributed by atoms with Gasteiger partial charge in [-0.25, -0.2) is 0 Å². The molecule has 1 fully saturated rings. The summed E-state index contributed by atoms with van der Waals surface area (Å²) in [4.78, 5) is 15.2. The van der Waals surface area contributed by atoms with E-state index in [1.807, 2.05) is 24.3 Å². The molecule has 1 N–H and O–H groups in total. The number of aliphatic hydroxyl groups excluding tert-OH is 1. The first-order valence-corrected chi connectivity index (χ1v) is 7.31. The highest BCUT2D eigenvalue weighted by molar-refractivity contribution is 6.08. The van der Waals surface area contributed by atoms with E-state index in [0.717, 1.165) is 24.3 Å². The highest BCUT2D eigenvalue weighted by Gasteiger charge is 2.31. The molecule has 0 unspecified atom stereocenters. The summed E-state index contributed by atoms with van der Waals surface area (Å²) >= 11 is 0. The van der Waals surface area contributed by atoms with Crippen LogP contribution in [-0.4, -0.2) is 56.2 Å². The standard InChI is InChI=1S/C15H21BN2O3/c1-2-3-8-21-14-6-4-12(5-7-14)18-13(11-19)9-17(16)10-15(18)20/h4-7,13,19H,2-3,8-11H2,1H3/t13-/m1/s1. The molecule has 0 aromatic heterocycles. The zero-order chi connectivity index (χ0) is 15.2. The number of aliphatic hydroxyl groups is 1. The fourth-order valence-corrected chi connectivity index (χ4v) is 2.40. The molecule has 2 radical (unpaired) electrons. The van der Waals surface area contributed by atoms with E-state index in [0.29, 0.717) is 13.2 Å². The third-order valence-corrected chi connectivity index (χ3v) is 3.51. The minimum absolute atomic E-state index is 0.109. The van der Waals surface area contributed by atoms with Crippen LogP contribution in [0.25, 0.3) is 0 Å². The van der Waals surface area contributed by atoms with E-state index in [4.69, 9.17) is 12.7 Å². The Labute approximate surface area is 126 Å². The molecular formula is C15H21BN2O3. The predicted octanol–water partition coefficient (Wildman–Crippen LogP) is 0.958. The van der Waals surface area contributed by atoms with Gasteiger partial charge >= 0.3 is 0 Å². The number of benzene rings is 1. The van der Waals surface area contributed by atoms with Crippen LogP contribution in [0.2, 0.25) is 0 Å². The number of unbranched alkanes of at least 4 members (excludes halogenated alkanes) is 1. The van der Waals surface area contributed by atoms with Crippen molar-refractivity contribution >= 4 is 19.6 Å². The minimum atomic E-state index is -0.317. The third-order valence-electron chi connectivity index (χ3n) is 3.51. The summed E-state index contributed by atoms with van der Waals surface area (Å²) in [5, 5.41) is 9.46. The molecule has 6 heteroatoms. The van der Waals surface area contributed by atoms with Gasteiger partial charge in [0.2, 0.25) is 5.91 Å². The Morgan fingerprint density at radius 2 is 2.10 bits per heavy atom. The maximum Gasteiger partial charge on any atom is 0.240 e. The van der Waals surface area contributed by atoms with E-state index in [1.165, 1.54) is 4.81 Å². The Hall–Kier alpha value is -1.53. The van der Waals surface area contributed by atoms with Crippen LogP contribution >= 0.6 is 0 Å². The van der Waals surface area contributed by atoms with Gasteiger partial charge in [-0.05, 0) is 30.7 Å². The zero-order valence-corrected chi connectivity index (χ0v) is 12.4. The van der Waals surface area contributed by atoms with Crippen LogP contribution in [0.5, 0.6) is 5.75 Å². The summed E-state index contributed by atoms with van der Waals surface area (Å²) in [6.45, 7) is 3.31. The normalized spacial score (nSPS) is 19.8. The van der Waals surface area contributed by atoms with Crippen molar-refractivity contribution in [3.63, 3.8) is 0 Å². The first kappa shape index (κ1) is 15.9. The Morgan fingerprint density at radius 1 is 1.38 bits per heavy atom. The Kier molecular flexibility index (Phi) is 5.64. The maximum absolute atomic E-state index is 12.1. The van der Waals surface area contributed by atoms with E-state index in [2.05, 4.69) is 6.92 Å². The van der Waals surface area contributed by atoms with E-state index < -0.39 is 0 Å². The second-order valence-electron chi connectivity index (χ2n) is 5.23. The SMILES string of the molecule is [B]N1CC(=O)N(c2ccc(OCCCC)cc2)[C@@H](CO)C1. The van der Waals surface area contributed by atoms with Crippen LogP contribution in [0.3, 0.4) is 0 Å². The Balaban J connectivity index is 2.07. The number of ether oxygens (including phenoxy) is 1. The molecule has 5 nitrogen and oxygen atoms in total. The molecule has 2 rings (SSSR count). The van der Waals surface area contributed by atoms with Gasteiger partial charge in [-0.1, -0.05) is 13.3 Å². The summed E-state index contributed by atoms with van der Waals surface area (Å²) in [6.07, 6.45) is 2.11. The minimum Gasteiger partial charge on any atom is -0.494 e. The molecule has 1 aromatic carbocycles. The first-order valence-electron chi connectivity index (χ1n) is 7.31. The molecule has 1 atom stereocenters. The smallest absolute Gasteiger partial charge is 0.240 e. The number of hydrogen-bond acceptors (Lipinski definition) is 4. The molecule has 1 aromatic rings. The van der Waals surface area contributed by atoms with Gasteiger partial charge in [0, 0.05) is 12.2 Å². The third kappa shape index (κ3) is 3.98. The molecule has 1 amide bonds. The van der Waals surface area contributed by atoms with Gasteiger partial charge in [0.25, 0.3) is 0 Å². The van der Waals surface area contributed by atoms with Crippen molar-refractivity contribution in [1.82, 2.24) is 4.81 Å². The van der Waals surface area contributed by atoms with Crippen LogP contribution in [0.4, 0.5) is 5.69 Å². The molecule has 21 heavy (non-hydrogen) atoms. The fourth-order valence-electron chi connectivity index (χ4n) is 2.40. The average molecular weight is 288 g/mol. The molecule has 1 heterocycles. The van der Waals surface area contributed by atoms with Crippen LogP contribution < -0.4 is 9.64 Å². The summed E-state index contributed by atoms with van der Waals surface area (Å²) < 4.78 is 5.60. The van der Waals surface area contributed by atoms with Crippen molar-refractivity contribution in [2.75, 3.05) is 31.2 Å². The monoisotopic (exact) mass is 288 g/mol. The fraction of sp³-hybridized carbons (Fsp3) is 0.533. The van der Waals surface area contributed by atoms with Crippen molar-refractivity contribution in [3.05, 3.63) is 24.3 Å². The summed E-state index contributed by atoms with van der Waals surface area (Å²) in [7, 11) is 5.68. The Bertz CT molecular complexity index is 466. The lowest BCUT2D eigenvalue weighted by Gasteiger charge is -2.39. The molecule has 1 aliphatic rings. The largest absolute Gasteiger partial charge is 0.494 e. The van der Waals surface area contributed by atoms with Gasteiger partial charge in [-0.3, -0.25) is 4.79 Å². The van der Waals surface area contributed by atoms with Gasteiger partial charge in [0.05, 0.1) is 25.8 Å². The second kappa shape index (κ2) is 7.47. The quantitative estimate of drug-likeness (QED) is 0.626. The summed E-state index contributed by atoms with van der Waals surface area (Å²) in [5.74, 6) is 0.681. The van der Waals surface area contributed by atoms with Crippen molar-refractivity contribution in [1.29, 1.82) is 0 Å². The number of rotatable bonds is 6. The van der Waals surface area contributed by atoms with Crippen LogP contribution in [0.1, 0.15) is 19.8 Å². The summed E-state index contributed by atoms with van der Waals surface area (Å²) in [6, 6.07) is 7.06. The topological polar surface area (TPSA) is 53.0 Å². The average Bonchev–Trinajstić information content (AvgIpc) is 2.48. The van der Waals surface area contributed by atoms with Crippen molar-refractivity contribution in [2.24, 2.45) is 0 Å². The lowest BCUT2D eigenvalue weighted by Crippen LogP contribution is -2.57. The van der Waals surface area contributed by atoms with Gasteiger partial charge in [0.1, 0.15) is 5.75 Å². The van der Waals surface area contributed by atoms with Crippen LogP contribution in [0, 0.1) is 0 Å². The Morgan fingerprint density at radius 3 is 2.71 bits per heavy atom. The molecule has 1 aliphatic heterocycles. The van der Waals surface area contributed by atoms with E-state index in [9.17, 15) is 9.90 Å². The van der Waals surface area contributed by atoms with Crippen molar-refractivity contribution in [2.45, 2.75) is 25.8 Å². The highest BCUT2D eigenvalue weighted by Crippen LogP contribution is 2.24. The first-order chi connectivity index (χ1) is 10.2. The molecule has 112 valence electrons. The number of hydrogen-bond donors (Lipinski definition) is 1. The van der Waals surface area contributed by atoms with Crippen LogP contribution in [-0.2, 0) is 4.79 Å². The summed E-state index contributed by atoms with van der Waals surface area (Å²) in [5.41, 5.74) is 0.759. The molecule has 0 spiro atoms. The number of nitrogens with zero attached hydrogens (tertiary/aromatic N) is 2. The molecule has 0 saturated carbocycles. The number of anilines is 1. The van der Waals surface area contributed by atoms with Crippen molar-refractivity contribution in [3.8, 4) is 5.75 Å². The van der Waals surface area contributed by atoms with E-state index in [1.54, 1.807) is 4.90 Å². The van der Waals surface area contributed by atoms with Gasteiger partial charge < -0.3 is 19.6 Å². The van der Waals surface area contributed by atoms with Gasteiger partial charge in [-0.2, -0.15) is 0 Å². The number of piperazine rings is 1. The number of carbonyl (C=O) groups is 1. The van der Waals surface area contributed by atoms with E-state index in [-0.39, 0.29) is 25.1 Å². The lowest BCUT2D eigenvalue weighted by atomic mass is 10.1. The molecular weight excluding hydrogens is 267 g/mol. The number of carbonyl (C=O) groups excluding carboxylic acids is 1. The highest BCUT2D eigenvalue weighted by atomic mass is 16.5. The van der Waals surface area contributed by atoms with Crippen LogP contribution in [0.15, 0.2) is 24.3 Å². The lowest BCUT2D eigenvalue weighted by molar-refractivity contribution is -0.121. The second-order valence-corrected chi connectivity index (χ2v) is 5.23. The predicted molar refractivity (Wildman–Crippen MR) is 82.5 cm³/mol. The molecule has 0 bridgehead atoms.